The monoisotopic (exact) mass is 527 g/mol. The molecule has 0 saturated carbocycles. The molecular weight excluding hydrogens is 505 g/mol. The standard InChI is InChI=1S/C27H22FN7O2S/c1-38(36,37)32-12-15-6-17(8-19(28)7-15)21-4-5-31-27-22(21)11-25(33-27)26-23-10-16(2-3-24(23)34-35-26)18-9-20(29)14-30-13-18/h2-11,13-14,32H,12,29H2,1H3,(H,31,33)(H,34,35). The van der Waals surface area contributed by atoms with Crippen molar-refractivity contribution in [1.82, 2.24) is 29.9 Å². The van der Waals surface area contributed by atoms with Gasteiger partial charge in [-0.2, -0.15) is 5.10 Å². The number of fused-ring (bicyclic) bond motifs is 2. The molecule has 9 nitrogen and oxygen atoms in total. The Morgan fingerprint density at radius 2 is 1.84 bits per heavy atom. The van der Waals surface area contributed by atoms with Crippen molar-refractivity contribution in [3.05, 3.63) is 84.6 Å². The summed E-state index contributed by atoms with van der Waals surface area (Å²) in [6, 6.07) is 16.0. The molecule has 4 heterocycles. The van der Waals surface area contributed by atoms with Gasteiger partial charge in [0.1, 0.15) is 17.2 Å². The van der Waals surface area contributed by atoms with Gasteiger partial charge in [-0.1, -0.05) is 6.07 Å². The van der Waals surface area contributed by atoms with E-state index in [9.17, 15) is 12.8 Å². The first-order chi connectivity index (χ1) is 18.2. The maximum absolute atomic E-state index is 14.5. The van der Waals surface area contributed by atoms with Crippen LogP contribution >= 0.6 is 0 Å². The third-order valence-corrected chi connectivity index (χ3v) is 6.92. The van der Waals surface area contributed by atoms with Crippen molar-refractivity contribution >= 4 is 37.6 Å². The van der Waals surface area contributed by atoms with Gasteiger partial charge in [0.25, 0.3) is 0 Å². The third kappa shape index (κ3) is 4.60. The predicted molar refractivity (Wildman–Crippen MR) is 146 cm³/mol. The highest BCUT2D eigenvalue weighted by molar-refractivity contribution is 7.88. The summed E-state index contributed by atoms with van der Waals surface area (Å²) in [5, 5.41) is 9.29. The molecule has 0 spiro atoms. The number of hydrogen-bond donors (Lipinski definition) is 4. The average Bonchev–Trinajstić information content (AvgIpc) is 3.50. The van der Waals surface area contributed by atoms with Gasteiger partial charge in [-0.25, -0.2) is 22.5 Å². The molecule has 0 atom stereocenters. The SMILES string of the molecule is CS(=O)(=O)NCc1cc(F)cc(-c2ccnc3[nH]c(-c4n[nH]c5ccc(-c6cncc(N)c6)cc45)cc23)c1. The Balaban J connectivity index is 1.43. The molecule has 0 aliphatic carbocycles. The van der Waals surface area contributed by atoms with Gasteiger partial charge in [0, 0.05) is 41.5 Å². The number of aromatic nitrogens is 5. The zero-order chi connectivity index (χ0) is 26.4. The zero-order valence-corrected chi connectivity index (χ0v) is 21.0. The predicted octanol–water partition coefficient (Wildman–Crippen LogP) is 4.61. The number of nitrogens with zero attached hydrogens (tertiary/aromatic N) is 3. The normalized spacial score (nSPS) is 11.9. The molecule has 0 aliphatic heterocycles. The molecule has 0 amide bonds. The topological polar surface area (TPSA) is 142 Å². The number of sulfonamides is 1. The fraction of sp³-hybridized carbons (Fsp3) is 0.0741. The van der Waals surface area contributed by atoms with Crippen LogP contribution in [-0.4, -0.2) is 39.8 Å². The summed E-state index contributed by atoms with van der Waals surface area (Å²) in [5.74, 6) is -0.463. The number of H-pyrrole nitrogens is 2. The molecule has 0 fully saturated rings. The van der Waals surface area contributed by atoms with E-state index < -0.39 is 15.8 Å². The van der Waals surface area contributed by atoms with Gasteiger partial charge in [0.2, 0.25) is 10.0 Å². The molecule has 0 radical (unpaired) electrons. The molecule has 4 aromatic heterocycles. The van der Waals surface area contributed by atoms with Crippen LogP contribution in [0.4, 0.5) is 10.1 Å². The van der Waals surface area contributed by atoms with Crippen LogP contribution in [0, 0.1) is 5.82 Å². The van der Waals surface area contributed by atoms with E-state index in [0.29, 0.717) is 28.2 Å². The maximum Gasteiger partial charge on any atom is 0.209 e. The van der Waals surface area contributed by atoms with E-state index in [2.05, 4.69) is 29.9 Å². The van der Waals surface area contributed by atoms with Crippen LogP contribution in [0.5, 0.6) is 0 Å². The number of nitrogen functional groups attached to an aromatic ring is 1. The molecule has 0 aliphatic rings. The van der Waals surface area contributed by atoms with Crippen LogP contribution in [0.3, 0.4) is 0 Å². The fourth-order valence-corrected chi connectivity index (χ4v) is 4.97. The van der Waals surface area contributed by atoms with Crippen molar-refractivity contribution in [3.8, 4) is 33.6 Å². The molecule has 0 saturated heterocycles. The van der Waals surface area contributed by atoms with Crippen molar-refractivity contribution in [2.24, 2.45) is 0 Å². The largest absolute Gasteiger partial charge is 0.397 e. The highest BCUT2D eigenvalue weighted by Gasteiger charge is 2.16. The highest BCUT2D eigenvalue weighted by Crippen LogP contribution is 2.35. The van der Waals surface area contributed by atoms with Crippen LogP contribution in [0.25, 0.3) is 55.6 Å². The summed E-state index contributed by atoms with van der Waals surface area (Å²) in [4.78, 5) is 12.0. The Kier molecular flexibility index (Phi) is 5.66. The van der Waals surface area contributed by atoms with Crippen molar-refractivity contribution in [3.63, 3.8) is 0 Å². The van der Waals surface area contributed by atoms with E-state index in [0.717, 1.165) is 44.9 Å². The number of hydrogen-bond acceptors (Lipinski definition) is 6. The summed E-state index contributed by atoms with van der Waals surface area (Å²) in [7, 11) is -3.42. The number of rotatable bonds is 6. The molecule has 5 N–H and O–H groups in total. The summed E-state index contributed by atoms with van der Waals surface area (Å²) in [5.41, 5.74) is 13.1. The number of pyridine rings is 2. The smallest absolute Gasteiger partial charge is 0.209 e. The van der Waals surface area contributed by atoms with Crippen LogP contribution in [0.1, 0.15) is 5.56 Å². The lowest BCUT2D eigenvalue weighted by Crippen LogP contribution is -2.21. The summed E-state index contributed by atoms with van der Waals surface area (Å²) in [6.45, 7) is -0.0135. The second-order valence-corrected chi connectivity index (χ2v) is 10.9. The molecular formula is C27H22FN7O2S. The summed E-state index contributed by atoms with van der Waals surface area (Å²) >= 11 is 0. The van der Waals surface area contributed by atoms with E-state index in [1.165, 1.54) is 12.1 Å². The van der Waals surface area contributed by atoms with Crippen molar-refractivity contribution in [2.75, 3.05) is 12.0 Å². The quantitative estimate of drug-likeness (QED) is 0.249. The minimum atomic E-state index is -3.42. The van der Waals surface area contributed by atoms with Gasteiger partial charge in [-0.05, 0) is 70.8 Å². The Morgan fingerprint density at radius 1 is 0.974 bits per heavy atom. The Morgan fingerprint density at radius 3 is 2.66 bits per heavy atom. The molecule has 190 valence electrons. The van der Waals surface area contributed by atoms with E-state index in [4.69, 9.17) is 5.73 Å². The number of benzene rings is 2. The minimum Gasteiger partial charge on any atom is -0.397 e. The first-order valence-corrected chi connectivity index (χ1v) is 13.5. The van der Waals surface area contributed by atoms with Gasteiger partial charge in [0.15, 0.2) is 0 Å². The number of nitrogens with one attached hydrogen (secondary N) is 3. The number of anilines is 1. The lowest BCUT2D eigenvalue weighted by Gasteiger charge is -2.08. The lowest BCUT2D eigenvalue weighted by molar-refractivity contribution is 0.586. The summed E-state index contributed by atoms with van der Waals surface area (Å²) in [6.07, 6.45) is 6.07. The second-order valence-electron chi connectivity index (χ2n) is 9.08. The average molecular weight is 528 g/mol. The Hall–Kier alpha value is -4.61. The van der Waals surface area contributed by atoms with Gasteiger partial charge < -0.3 is 10.7 Å². The van der Waals surface area contributed by atoms with Crippen LogP contribution in [0.15, 0.2) is 73.2 Å². The third-order valence-electron chi connectivity index (χ3n) is 6.25. The molecule has 6 aromatic rings. The first kappa shape index (κ1) is 23.8. The van der Waals surface area contributed by atoms with E-state index in [1.807, 2.05) is 30.3 Å². The molecule has 11 heteroatoms. The van der Waals surface area contributed by atoms with Crippen molar-refractivity contribution in [2.45, 2.75) is 6.54 Å². The lowest BCUT2D eigenvalue weighted by atomic mass is 10.0. The zero-order valence-electron chi connectivity index (χ0n) is 20.2. The van der Waals surface area contributed by atoms with Gasteiger partial charge in [-0.15, -0.1) is 0 Å². The molecule has 0 bridgehead atoms. The minimum absolute atomic E-state index is 0.0135. The molecule has 6 rings (SSSR count). The highest BCUT2D eigenvalue weighted by atomic mass is 32.2. The van der Waals surface area contributed by atoms with Gasteiger partial charge in [0.05, 0.1) is 23.2 Å². The van der Waals surface area contributed by atoms with Crippen molar-refractivity contribution < 1.29 is 12.8 Å². The van der Waals surface area contributed by atoms with E-state index in [-0.39, 0.29) is 6.54 Å². The summed E-state index contributed by atoms with van der Waals surface area (Å²) < 4.78 is 39.9. The van der Waals surface area contributed by atoms with E-state index >= 15 is 0 Å². The van der Waals surface area contributed by atoms with Crippen LogP contribution in [0.2, 0.25) is 0 Å². The van der Waals surface area contributed by atoms with E-state index in [1.54, 1.807) is 30.7 Å². The first-order valence-electron chi connectivity index (χ1n) is 11.7. The van der Waals surface area contributed by atoms with Crippen molar-refractivity contribution in [1.29, 1.82) is 0 Å². The Labute approximate surface area is 217 Å². The van der Waals surface area contributed by atoms with Gasteiger partial charge in [-0.3, -0.25) is 10.1 Å². The maximum atomic E-state index is 14.5. The molecule has 0 unspecified atom stereocenters. The van der Waals surface area contributed by atoms with Crippen LogP contribution < -0.4 is 10.5 Å². The fourth-order valence-electron chi connectivity index (χ4n) is 4.54. The van der Waals surface area contributed by atoms with Crippen LogP contribution in [-0.2, 0) is 16.6 Å². The van der Waals surface area contributed by atoms with Gasteiger partial charge >= 0.3 is 0 Å². The number of halogens is 1. The molecule has 2 aromatic carbocycles. The second kappa shape index (κ2) is 9.05. The number of aromatic amines is 2. The molecule has 38 heavy (non-hydrogen) atoms. The Bertz CT molecular complexity index is 1950. The number of nitrogens with two attached hydrogens (primary N) is 1.